The third kappa shape index (κ3) is 2.47. The van der Waals surface area contributed by atoms with Crippen LogP contribution in [0.15, 0.2) is 16.5 Å². The summed E-state index contributed by atoms with van der Waals surface area (Å²) in [7, 11) is 0. The molecule has 3 heteroatoms. The molecule has 18 heavy (non-hydrogen) atoms. The van der Waals surface area contributed by atoms with Gasteiger partial charge in [-0.3, -0.25) is 0 Å². The average Bonchev–Trinajstić information content (AvgIpc) is 2.79. The lowest BCUT2D eigenvalue weighted by Gasteiger charge is -2.30. The van der Waals surface area contributed by atoms with E-state index in [-0.39, 0.29) is 23.2 Å². The first-order chi connectivity index (χ1) is 8.25. The van der Waals surface area contributed by atoms with Crippen LogP contribution < -0.4 is 5.73 Å². The molecule has 0 aromatic carbocycles. The Kier molecular flexibility index (Phi) is 3.32. The van der Waals surface area contributed by atoms with Crippen LogP contribution in [0.1, 0.15) is 58.6 Å². The molecule has 2 heterocycles. The number of ether oxygens (including phenoxy) is 1. The summed E-state index contributed by atoms with van der Waals surface area (Å²) in [5, 5.41) is 0. The average molecular weight is 251 g/mol. The highest BCUT2D eigenvalue weighted by Crippen LogP contribution is 2.46. The number of furan rings is 1. The minimum absolute atomic E-state index is 0.0953. The normalized spacial score (nSPS) is 27.3. The van der Waals surface area contributed by atoms with Crippen molar-refractivity contribution in [3.63, 3.8) is 0 Å². The van der Waals surface area contributed by atoms with Crippen molar-refractivity contribution in [2.75, 3.05) is 0 Å². The van der Waals surface area contributed by atoms with E-state index in [1.165, 1.54) is 0 Å². The lowest BCUT2D eigenvalue weighted by molar-refractivity contribution is -0.0772. The first kappa shape index (κ1) is 13.6. The van der Waals surface area contributed by atoms with Crippen LogP contribution in [-0.2, 0) is 11.2 Å². The van der Waals surface area contributed by atoms with Gasteiger partial charge >= 0.3 is 0 Å². The molecule has 1 fully saturated rings. The zero-order chi connectivity index (χ0) is 13.6. The van der Waals surface area contributed by atoms with Gasteiger partial charge in [0.25, 0.3) is 0 Å². The molecule has 0 saturated carbocycles. The summed E-state index contributed by atoms with van der Waals surface area (Å²) >= 11 is 0. The van der Waals surface area contributed by atoms with E-state index in [0.29, 0.717) is 0 Å². The maximum Gasteiger partial charge on any atom is 0.121 e. The lowest BCUT2D eigenvalue weighted by atomic mass is 9.81. The number of hydrogen-bond acceptors (Lipinski definition) is 3. The SMILES string of the molecule is CCc1ccc(C(N)C2CC(C)(C)OC2(C)C)o1. The Balaban J connectivity index is 2.20. The predicted molar refractivity (Wildman–Crippen MR) is 72.4 cm³/mol. The summed E-state index contributed by atoms with van der Waals surface area (Å²) < 4.78 is 11.9. The maximum absolute atomic E-state index is 6.39. The van der Waals surface area contributed by atoms with Crippen molar-refractivity contribution >= 4 is 0 Å². The quantitative estimate of drug-likeness (QED) is 0.895. The molecule has 0 spiro atoms. The van der Waals surface area contributed by atoms with Crippen molar-refractivity contribution in [3.8, 4) is 0 Å². The molecular weight excluding hydrogens is 226 g/mol. The van der Waals surface area contributed by atoms with Crippen LogP contribution in [0.5, 0.6) is 0 Å². The third-order valence-corrected chi connectivity index (χ3v) is 3.94. The number of aryl methyl sites for hydroxylation is 1. The fourth-order valence-corrected chi connectivity index (χ4v) is 3.13. The molecule has 1 aromatic heterocycles. The number of nitrogens with two attached hydrogens (primary N) is 1. The summed E-state index contributed by atoms with van der Waals surface area (Å²) in [6, 6.07) is 3.93. The van der Waals surface area contributed by atoms with Crippen molar-refractivity contribution in [2.24, 2.45) is 11.7 Å². The van der Waals surface area contributed by atoms with E-state index in [1.54, 1.807) is 0 Å². The van der Waals surface area contributed by atoms with Crippen LogP contribution in [0.4, 0.5) is 0 Å². The van der Waals surface area contributed by atoms with Gasteiger partial charge in [-0.2, -0.15) is 0 Å². The summed E-state index contributed by atoms with van der Waals surface area (Å²) in [6.45, 7) is 10.6. The van der Waals surface area contributed by atoms with E-state index in [0.717, 1.165) is 24.4 Å². The monoisotopic (exact) mass is 251 g/mol. The highest BCUT2D eigenvalue weighted by molar-refractivity contribution is 5.14. The zero-order valence-electron chi connectivity index (χ0n) is 12.1. The number of rotatable bonds is 3. The molecule has 1 aliphatic rings. The van der Waals surface area contributed by atoms with Crippen molar-refractivity contribution in [1.82, 2.24) is 0 Å². The molecule has 2 unspecified atom stereocenters. The van der Waals surface area contributed by atoms with Crippen molar-refractivity contribution in [3.05, 3.63) is 23.7 Å². The molecular formula is C15H25NO2. The van der Waals surface area contributed by atoms with Crippen molar-refractivity contribution in [1.29, 1.82) is 0 Å². The Morgan fingerprint density at radius 1 is 1.33 bits per heavy atom. The van der Waals surface area contributed by atoms with Crippen LogP contribution in [0, 0.1) is 5.92 Å². The molecule has 1 aromatic rings. The Morgan fingerprint density at radius 3 is 2.44 bits per heavy atom. The lowest BCUT2D eigenvalue weighted by Crippen LogP contribution is -2.35. The smallest absolute Gasteiger partial charge is 0.121 e. The van der Waals surface area contributed by atoms with Crippen LogP contribution in [0.3, 0.4) is 0 Å². The third-order valence-electron chi connectivity index (χ3n) is 3.94. The fourth-order valence-electron chi connectivity index (χ4n) is 3.13. The van der Waals surface area contributed by atoms with Gasteiger partial charge in [0.1, 0.15) is 11.5 Å². The van der Waals surface area contributed by atoms with E-state index in [1.807, 2.05) is 12.1 Å². The Labute approximate surface area is 110 Å². The van der Waals surface area contributed by atoms with Gasteiger partial charge in [0.2, 0.25) is 0 Å². The van der Waals surface area contributed by atoms with Gasteiger partial charge in [0, 0.05) is 12.3 Å². The van der Waals surface area contributed by atoms with Gasteiger partial charge in [-0.15, -0.1) is 0 Å². The van der Waals surface area contributed by atoms with Crippen LogP contribution in [-0.4, -0.2) is 11.2 Å². The van der Waals surface area contributed by atoms with Gasteiger partial charge in [-0.1, -0.05) is 6.92 Å². The molecule has 2 rings (SSSR count). The first-order valence-corrected chi connectivity index (χ1v) is 6.79. The topological polar surface area (TPSA) is 48.4 Å². The van der Waals surface area contributed by atoms with E-state index in [9.17, 15) is 0 Å². The Bertz CT molecular complexity index is 420. The fraction of sp³-hybridized carbons (Fsp3) is 0.733. The second kappa shape index (κ2) is 4.39. The highest BCUT2D eigenvalue weighted by Gasteiger charge is 2.49. The van der Waals surface area contributed by atoms with Gasteiger partial charge in [-0.25, -0.2) is 0 Å². The van der Waals surface area contributed by atoms with E-state index < -0.39 is 0 Å². The Morgan fingerprint density at radius 2 is 2.00 bits per heavy atom. The van der Waals surface area contributed by atoms with Gasteiger partial charge in [0.15, 0.2) is 0 Å². The largest absolute Gasteiger partial charge is 0.464 e. The van der Waals surface area contributed by atoms with Gasteiger partial charge in [-0.05, 0) is 46.2 Å². The van der Waals surface area contributed by atoms with Gasteiger partial charge in [0.05, 0.1) is 17.2 Å². The van der Waals surface area contributed by atoms with E-state index >= 15 is 0 Å². The van der Waals surface area contributed by atoms with Gasteiger partial charge < -0.3 is 14.9 Å². The molecule has 3 nitrogen and oxygen atoms in total. The molecule has 0 bridgehead atoms. The maximum atomic E-state index is 6.39. The summed E-state index contributed by atoms with van der Waals surface area (Å²) in [5.74, 6) is 2.16. The van der Waals surface area contributed by atoms with Crippen LogP contribution in [0.2, 0.25) is 0 Å². The molecule has 2 atom stereocenters. The number of hydrogen-bond donors (Lipinski definition) is 1. The molecule has 102 valence electrons. The van der Waals surface area contributed by atoms with Crippen molar-refractivity contribution < 1.29 is 9.15 Å². The predicted octanol–water partition coefficient (Wildman–Crippen LogP) is 3.44. The van der Waals surface area contributed by atoms with Crippen LogP contribution in [0.25, 0.3) is 0 Å². The Hall–Kier alpha value is -0.800. The molecule has 2 N–H and O–H groups in total. The molecule has 0 aliphatic carbocycles. The summed E-state index contributed by atoms with van der Waals surface area (Å²) in [5.41, 5.74) is 6.08. The summed E-state index contributed by atoms with van der Waals surface area (Å²) in [6.07, 6.45) is 1.87. The molecule has 0 radical (unpaired) electrons. The second-order valence-electron chi connectivity index (χ2n) is 6.46. The minimum Gasteiger partial charge on any atom is -0.464 e. The molecule has 1 saturated heterocycles. The zero-order valence-corrected chi connectivity index (χ0v) is 12.1. The first-order valence-electron chi connectivity index (χ1n) is 6.79. The summed E-state index contributed by atoms with van der Waals surface area (Å²) in [4.78, 5) is 0. The molecule has 0 amide bonds. The van der Waals surface area contributed by atoms with Crippen molar-refractivity contribution in [2.45, 2.75) is 64.7 Å². The van der Waals surface area contributed by atoms with Crippen LogP contribution >= 0.6 is 0 Å². The van der Waals surface area contributed by atoms with E-state index in [4.69, 9.17) is 14.9 Å². The second-order valence-corrected chi connectivity index (χ2v) is 6.46. The molecule has 1 aliphatic heterocycles. The van der Waals surface area contributed by atoms with E-state index in [2.05, 4.69) is 34.6 Å². The minimum atomic E-state index is -0.206. The highest BCUT2D eigenvalue weighted by atomic mass is 16.5. The standard InChI is InChI=1S/C15H25NO2/c1-6-10-7-8-12(17-10)13(16)11-9-14(2,3)18-15(11,4)5/h7-8,11,13H,6,9,16H2,1-5H3.